The van der Waals surface area contributed by atoms with Gasteiger partial charge in [-0.05, 0) is 12.1 Å². The molecule has 2 heterocycles. The smallest absolute Gasteiger partial charge is 0.298 e. The Hall–Kier alpha value is -2.12. The molecular formula is C9H6F3N3O2. The van der Waals surface area contributed by atoms with E-state index in [9.17, 15) is 22.8 Å². The molecule has 2 aromatic heterocycles. The van der Waals surface area contributed by atoms with Crippen LogP contribution in [0.5, 0.6) is 0 Å². The van der Waals surface area contributed by atoms with Crippen LogP contribution in [0.4, 0.5) is 13.2 Å². The average Bonchev–Trinajstić information content (AvgIpc) is 2.53. The molecular weight excluding hydrogens is 239 g/mol. The summed E-state index contributed by atoms with van der Waals surface area (Å²) in [6, 6.07) is 1.66. The van der Waals surface area contributed by atoms with Crippen LogP contribution in [-0.4, -0.2) is 20.5 Å². The highest BCUT2D eigenvalue weighted by Gasteiger charge is 2.35. The molecule has 0 amide bonds. The Kier molecular flexibility index (Phi) is 2.30. The van der Waals surface area contributed by atoms with Crippen molar-refractivity contribution >= 4 is 11.9 Å². The second-order valence-corrected chi connectivity index (χ2v) is 3.35. The molecule has 0 atom stereocenters. The fourth-order valence-electron chi connectivity index (χ4n) is 1.50. The van der Waals surface area contributed by atoms with Gasteiger partial charge < -0.3 is 0 Å². The first-order valence-corrected chi connectivity index (χ1v) is 4.47. The lowest BCUT2D eigenvalue weighted by atomic mass is 10.2. The van der Waals surface area contributed by atoms with E-state index in [1.807, 2.05) is 0 Å². The summed E-state index contributed by atoms with van der Waals surface area (Å²) in [5.41, 5.74) is -2.48. The number of fused-ring (bicyclic) bond motifs is 1. The molecule has 0 radical (unpaired) electrons. The van der Waals surface area contributed by atoms with Gasteiger partial charge in [0, 0.05) is 7.05 Å². The van der Waals surface area contributed by atoms with E-state index in [0.717, 1.165) is 10.7 Å². The number of aromatic nitrogens is 3. The van der Waals surface area contributed by atoms with E-state index < -0.39 is 17.6 Å². The Morgan fingerprint density at radius 2 is 2.00 bits per heavy atom. The SMILES string of the molecule is Cn1nc2c(C=O)ccc(C(F)(F)F)n2c1=O. The highest BCUT2D eigenvalue weighted by Crippen LogP contribution is 2.29. The van der Waals surface area contributed by atoms with Gasteiger partial charge in [0.25, 0.3) is 0 Å². The molecule has 0 saturated carbocycles. The van der Waals surface area contributed by atoms with E-state index in [0.29, 0.717) is 16.8 Å². The number of carbonyl (C=O) groups is 1. The summed E-state index contributed by atoms with van der Waals surface area (Å²) in [5.74, 6) is 0. The van der Waals surface area contributed by atoms with Gasteiger partial charge in [-0.2, -0.15) is 13.2 Å². The van der Waals surface area contributed by atoms with Crippen molar-refractivity contribution in [3.8, 4) is 0 Å². The third kappa shape index (κ3) is 1.61. The molecule has 0 fully saturated rings. The van der Waals surface area contributed by atoms with Gasteiger partial charge in [0.15, 0.2) is 11.9 Å². The van der Waals surface area contributed by atoms with Gasteiger partial charge >= 0.3 is 11.9 Å². The fraction of sp³-hybridized carbons (Fsp3) is 0.222. The van der Waals surface area contributed by atoms with Crippen LogP contribution < -0.4 is 5.69 Å². The molecule has 0 aliphatic rings. The molecule has 17 heavy (non-hydrogen) atoms. The summed E-state index contributed by atoms with van der Waals surface area (Å²) >= 11 is 0. The zero-order valence-electron chi connectivity index (χ0n) is 8.52. The summed E-state index contributed by atoms with van der Waals surface area (Å²) < 4.78 is 39.1. The molecule has 0 spiro atoms. The first kappa shape index (κ1) is 11.4. The van der Waals surface area contributed by atoms with Crippen LogP contribution in [0.2, 0.25) is 0 Å². The summed E-state index contributed by atoms with van der Waals surface area (Å²) in [6.07, 6.45) is -4.34. The lowest BCUT2D eigenvalue weighted by Crippen LogP contribution is -2.24. The number of carbonyl (C=O) groups excluding carboxylic acids is 1. The number of hydrogen-bond donors (Lipinski definition) is 0. The van der Waals surface area contributed by atoms with E-state index >= 15 is 0 Å². The Morgan fingerprint density at radius 1 is 1.35 bits per heavy atom. The van der Waals surface area contributed by atoms with E-state index in [2.05, 4.69) is 5.10 Å². The zero-order chi connectivity index (χ0) is 12.8. The molecule has 0 bridgehead atoms. The standard InChI is InChI=1S/C9H6F3N3O2/c1-14-8(17)15-6(9(10,11)12)3-2-5(4-16)7(15)13-14/h2-4H,1H3. The van der Waals surface area contributed by atoms with Crippen molar-refractivity contribution < 1.29 is 18.0 Å². The molecule has 2 rings (SSSR count). The van der Waals surface area contributed by atoms with Crippen LogP contribution in [0.15, 0.2) is 16.9 Å². The van der Waals surface area contributed by atoms with Crippen molar-refractivity contribution in [1.82, 2.24) is 14.2 Å². The minimum absolute atomic E-state index is 0.0734. The van der Waals surface area contributed by atoms with E-state index in [4.69, 9.17) is 0 Å². The van der Waals surface area contributed by atoms with Crippen LogP contribution in [0, 0.1) is 0 Å². The summed E-state index contributed by atoms with van der Waals surface area (Å²) in [4.78, 5) is 22.2. The number of pyridine rings is 1. The Bertz CT molecular complexity index is 654. The van der Waals surface area contributed by atoms with Crippen molar-refractivity contribution in [2.24, 2.45) is 7.05 Å². The Balaban J connectivity index is 2.99. The molecule has 0 unspecified atom stereocenters. The predicted molar refractivity (Wildman–Crippen MR) is 50.8 cm³/mol. The fourth-order valence-corrected chi connectivity index (χ4v) is 1.50. The monoisotopic (exact) mass is 245 g/mol. The predicted octanol–water partition coefficient (Wildman–Crippen LogP) is 0.864. The van der Waals surface area contributed by atoms with Gasteiger partial charge in [-0.1, -0.05) is 0 Å². The molecule has 0 aliphatic heterocycles. The number of aryl methyl sites for hydroxylation is 1. The molecule has 0 saturated heterocycles. The molecule has 0 aliphatic carbocycles. The summed E-state index contributed by atoms with van der Waals surface area (Å²) in [7, 11) is 1.21. The number of halogens is 3. The maximum Gasteiger partial charge on any atom is 0.431 e. The van der Waals surface area contributed by atoms with Crippen molar-refractivity contribution in [1.29, 1.82) is 0 Å². The summed E-state index contributed by atoms with van der Waals surface area (Å²) in [6.45, 7) is 0. The van der Waals surface area contributed by atoms with E-state index in [-0.39, 0.29) is 11.2 Å². The second-order valence-electron chi connectivity index (χ2n) is 3.35. The number of aldehydes is 1. The third-order valence-corrected chi connectivity index (χ3v) is 2.26. The quantitative estimate of drug-likeness (QED) is 0.700. The van der Waals surface area contributed by atoms with Crippen LogP contribution in [0.1, 0.15) is 16.1 Å². The number of alkyl halides is 3. The van der Waals surface area contributed by atoms with Crippen molar-refractivity contribution in [3.05, 3.63) is 33.9 Å². The molecule has 5 nitrogen and oxygen atoms in total. The van der Waals surface area contributed by atoms with Gasteiger partial charge in [0.2, 0.25) is 0 Å². The Morgan fingerprint density at radius 3 is 2.53 bits per heavy atom. The number of hydrogen-bond acceptors (Lipinski definition) is 3. The molecule has 2 aromatic rings. The highest BCUT2D eigenvalue weighted by molar-refractivity contribution is 5.84. The second kappa shape index (κ2) is 3.44. The lowest BCUT2D eigenvalue weighted by Gasteiger charge is -2.08. The van der Waals surface area contributed by atoms with Gasteiger partial charge in [-0.15, -0.1) is 5.10 Å². The number of nitrogens with zero attached hydrogens (tertiary/aromatic N) is 3. The maximum absolute atomic E-state index is 12.7. The van der Waals surface area contributed by atoms with Crippen molar-refractivity contribution in [3.63, 3.8) is 0 Å². The topological polar surface area (TPSA) is 56.4 Å². The van der Waals surface area contributed by atoms with E-state index in [1.165, 1.54) is 7.05 Å². The third-order valence-electron chi connectivity index (χ3n) is 2.26. The molecule has 0 aromatic carbocycles. The van der Waals surface area contributed by atoms with Gasteiger partial charge in [-0.25, -0.2) is 13.9 Å². The lowest BCUT2D eigenvalue weighted by molar-refractivity contribution is -0.142. The molecule has 0 N–H and O–H groups in total. The van der Waals surface area contributed by atoms with E-state index in [1.54, 1.807) is 0 Å². The zero-order valence-corrected chi connectivity index (χ0v) is 8.52. The maximum atomic E-state index is 12.7. The van der Waals surface area contributed by atoms with Crippen molar-refractivity contribution in [2.45, 2.75) is 6.18 Å². The summed E-state index contributed by atoms with van der Waals surface area (Å²) in [5, 5.41) is 3.59. The van der Waals surface area contributed by atoms with Gasteiger partial charge in [0.05, 0.1) is 5.56 Å². The minimum atomic E-state index is -4.69. The van der Waals surface area contributed by atoms with Crippen LogP contribution >= 0.6 is 0 Å². The highest BCUT2D eigenvalue weighted by atomic mass is 19.4. The van der Waals surface area contributed by atoms with Crippen LogP contribution in [0.25, 0.3) is 5.65 Å². The number of rotatable bonds is 1. The van der Waals surface area contributed by atoms with Crippen LogP contribution in [-0.2, 0) is 13.2 Å². The van der Waals surface area contributed by atoms with Gasteiger partial charge in [0.1, 0.15) is 5.69 Å². The molecule has 90 valence electrons. The average molecular weight is 245 g/mol. The van der Waals surface area contributed by atoms with Crippen LogP contribution in [0.3, 0.4) is 0 Å². The first-order chi connectivity index (χ1) is 7.86. The minimum Gasteiger partial charge on any atom is -0.298 e. The Labute approximate surface area is 92.1 Å². The van der Waals surface area contributed by atoms with Crippen molar-refractivity contribution in [2.75, 3.05) is 0 Å². The largest absolute Gasteiger partial charge is 0.431 e. The normalized spacial score (nSPS) is 12.0. The first-order valence-electron chi connectivity index (χ1n) is 4.47. The molecule has 8 heteroatoms. The van der Waals surface area contributed by atoms with Gasteiger partial charge in [-0.3, -0.25) is 4.79 Å².